The highest BCUT2D eigenvalue weighted by Gasteiger charge is 2.26. The molecule has 1 fully saturated rings. The molecular weight excluding hydrogens is 278 g/mol. The van der Waals surface area contributed by atoms with Gasteiger partial charge in [-0.3, -0.25) is 4.79 Å². The van der Waals surface area contributed by atoms with Gasteiger partial charge >= 0.3 is 6.61 Å². The van der Waals surface area contributed by atoms with E-state index in [0.29, 0.717) is 24.6 Å². The molecule has 1 aliphatic rings. The van der Waals surface area contributed by atoms with Crippen LogP contribution in [-0.4, -0.2) is 36.5 Å². The molecule has 2 unspecified atom stereocenters. The SMILES string of the molecule is CC(N)C1CCCN(C(=O)c2ccc(OC(F)F)cc2)C1. The van der Waals surface area contributed by atoms with Gasteiger partial charge in [-0.25, -0.2) is 0 Å². The smallest absolute Gasteiger partial charge is 0.387 e. The fourth-order valence-corrected chi connectivity index (χ4v) is 2.59. The van der Waals surface area contributed by atoms with Crippen LogP contribution in [-0.2, 0) is 0 Å². The van der Waals surface area contributed by atoms with Gasteiger partial charge in [0.15, 0.2) is 0 Å². The molecule has 1 aromatic rings. The number of rotatable bonds is 4. The van der Waals surface area contributed by atoms with E-state index < -0.39 is 6.61 Å². The van der Waals surface area contributed by atoms with Crippen molar-refractivity contribution in [2.75, 3.05) is 13.1 Å². The lowest BCUT2D eigenvalue weighted by molar-refractivity contribution is -0.0498. The van der Waals surface area contributed by atoms with Gasteiger partial charge in [-0.05, 0) is 49.9 Å². The molecule has 1 saturated heterocycles. The molecule has 0 aromatic heterocycles. The molecule has 1 heterocycles. The lowest BCUT2D eigenvalue weighted by atomic mass is 9.92. The fourth-order valence-electron chi connectivity index (χ4n) is 2.59. The average molecular weight is 298 g/mol. The van der Waals surface area contributed by atoms with Crippen LogP contribution in [0.1, 0.15) is 30.1 Å². The third-order valence-electron chi connectivity index (χ3n) is 3.82. The van der Waals surface area contributed by atoms with Crippen LogP contribution in [0.5, 0.6) is 5.75 Å². The van der Waals surface area contributed by atoms with Crippen LogP contribution in [0.15, 0.2) is 24.3 Å². The summed E-state index contributed by atoms with van der Waals surface area (Å²) in [4.78, 5) is 14.2. The van der Waals surface area contributed by atoms with Gasteiger partial charge in [-0.15, -0.1) is 0 Å². The quantitative estimate of drug-likeness (QED) is 0.929. The van der Waals surface area contributed by atoms with E-state index in [1.165, 1.54) is 24.3 Å². The first-order valence-corrected chi connectivity index (χ1v) is 7.07. The molecule has 4 nitrogen and oxygen atoms in total. The zero-order valence-electron chi connectivity index (χ0n) is 12.0. The van der Waals surface area contributed by atoms with Crippen LogP contribution < -0.4 is 10.5 Å². The Bertz CT molecular complexity index is 477. The third kappa shape index (κ3) is 4.14. The van der Waals surface area contributed by atoms with E-state index in [1.54, 1.807) is 4.90 Å². The first kappa shape index (κ1) is 15.7. The number of alkyl halides is 2. The lowest BCUT2D eigenvalue weighted by Gasteiger charge is -2.34. The summed E-state index contributed by atoms with van der Waals surface area (Å²) in [7, 11) is 0. The Morgan fingerprint density at radius 1 is 1.38 bits per heavy atom. The molecule has 0 radical (unpaired) electrons. The van der Waals surface area contributed by atoms with E-state index in [4.69, 9.17) is 5.73 Å². The van der Waals surface area contributed by atoms with Crippen molar-refractivity contribution in [3.05, 3.63) is 29.8 Å². The Kier molecular flexibility index (Phi) is 5.12. The first-order chi connectivity index (χ1) is 9.97. The summed E-state index contributed by atoms with van der Waals surface area (Å²) >= 11 is 0. The van der Waals surface area contributed by atoms with Crippen LogP contribution in [0.4, 0.5) is 8.78 Å². The normalized spacial score (nSPS) is 20.4. The van der Waals surface area contributed by atoms with Crippen molar-refractivity contribution in [2.45, 2.75) is 32.4 Å². The Balaban J connectivity index is 2.02. The highest BCUT2D eigenvalue weighted by molar-refractivity contribution is 5.94. The van der Waals surface area contributed by atoms with E-state index in [2.05, 4.69) is 4.74 Å². The van der Waals surface area contributed by atoms with Gasteiger partial charge in [-0.1, -0.05) is 0 Å². The van der Waals surface area contributed by atoms with Gasteiger partial charge in [0.25, 0.3) is 5.91 Å². The number of benzene rings is 1. The minimum atomic E-state index is -2.86. The summed E-state index contributed by atoms with van der Waals surface area (Å²) in [6.07, 6.45) is 1.97. The van der Waals surface area contributed by atoms with Crippen molar-refractivity contribution >= 4 is 5.91 Å². The average Bonchev–Trinajstić information content (AvgIpc) is 2.47. The van der Waals surface area contributed by atoms with E-state index in [0.717, 1.165) is 12.8 Å². The van der Waals surface area contributed by atoms with Gasteiger partial charge in [0.2, 0.25) is 0 Å². The van der Waals surface area contributed by atoms with Crippen molar-refractivity contribution in [3.8, 4) is 5.75 Å². The predicted octanol–water partition coefficient (Wildman–Crippen LogP) is 2.49. The highest BCUT2D eigenvalue weighted by Crippen LogP contribution is 2.22. The summed E-state index contributed by atoms with van der Waals surface area (Å²) in [6.45, 7) is 0.443. The van der Waals surface area contributed by atoms with Gasteiger partial charge in [0, 0.05) is 24.7 Å². The van der Waals surface area contributed by atoms with E-state index in [1.807, 2.05) is 6.92 Å². The molecule has 21 heavy (non-hydrogen) atoms. The van der Waals surface area contributed by atoms with Crippen LogP contribution in [0.2, 0.25) is 0 Å². The standard InChI is InChI=1S/C15H20F2N2O2/c1-10(18)12-3-2-8-19(9-12)14(20)11-4-6-13(7-5-11)21-15(16)17/h4-7,10,12,15H,2-3,8-9,18H2,1H3. The summed E-state index contributed by atoms with van der Waals surface area (Å²) in [5.74, 6) is 0.265. The first-order valence-electron chi connectivity index (χ1n) is 7.07. The Morgan fingerprint density at radius 3 is 2.62 bits per heavy atom. The lowest BCUT2D eigenvalue weighted by Crippen LogP contribution is -2.45. The number of likely N-dealkylation sites (tertiary alicyclic amines) is 1. The van der Waals surface area contributed by atoms with Gasteiger partial charge < -0.3 is 15.4 Å². The van der Waals surface area contributed by atoms with Crippen molar-refractivity contribution in [1.82, 2.24) is 4.90 Å². The largest absolute Gasteiger partial charge is 0.435 e. The van der Waals surface area contributed by atoms with Gasteiger partial charge in [-0.2, -0.15) is 8.78 Å². The molecule has 2 atom stereocenters. The molecule has 1 amide bonds. The van der Waals surface area contributed by atoms with E-state index in [9.17, 15) is 13.6 Å². The number of nitrogens with two attached hydrogens (primary N) is 1. The molecule has 0 spiro atoms. The van der Waals surface area contributed by atoms with Crippen molar-refractivity contribution in [2.24, 2.45) is 11.7 Å². The van der Waals surface area contributed by atoms with Crippen LogP contribution in [0.25, 0.3) is 0 Å². The molecule has 2 rings (SSSR count). The second-order valence-corrected chi connectivity index (χ2v) is 5.42. The molecular formula is C15H20F2N2O2. The Labute approximate surface area is 122 Å². The minimum Gasteiger partial charge on any atom is -0.435 e. The zero-order valence-corrected chi connectivity index (χ0v) is 12.0. The number of piperidine rings is 1. The third-order valence-corrected chi connectivity index (χ3v) is 3.82. The second-order valence-electron chi connectivity index (χ2n) is 5.42. The van der Waals surface area contributed by atoms with E-state index in [-0.39, 0.29) is 17.7 Å². The number of carbonyl (C=O) groups excluding carboxylic acids is 1. The summed E-state index contributed by atoms with van der Waals surface area (Å²) in [6, 6.07) is 5.84. The number of hydrogen-bond donors (Lipinski definition) is 1. The molecule has 6 heteroatoms. The molecule has 1 aliphatic heterocycles. The number of amides is 1. The minimum absolute atomic E-state index is 0.0497. The van der Waals surface area contributed by atoms with Crippen LogP contribution in [0, 0.1) is 5.92 Å². The number of ether oxygens (including phenoxy) is 1. The maximum Gasteiger partial charge on any atom is 0.387 e. The predicted molar refractivity (Wildman–Crippen MR) is 75.4 cm³/mol. The Morgan fingerprint density at radius 2 is 2.05 bits per heavy atom. The van der Waals surface area contributed by atoms with E-state index >= 15 is 0 Å². The number of hydrogen-bond acceptors (Lipinski definition) is 3. The van der Waals surface area contributed by atoms with Crippen molar-refractivity contribution in [3.63, 3.8) is 0 Å². The second kappa shape index (κ2) is 6.85. The van der Waals surface area contributed by atoms with Gasteiger partial charge in [0.1, 0.15) is 5.75 Å². The fraction of sp³-hybridized carbons (Fsp3) is 0.533. The zero-order chi connectivity index (χ0) is 15.4. The monoisotopic (exact) mass is 298 g/mol. The maximum atomic E-state index is 12.4. The molecule has 0 bridgehead atoms. The number of halogens is 2. The van der Waals surface area contributed by atoms with Crippen LogP contribution in [0.3, 0.4) is 0 Å². The molecule has 1 aromatic carbocycles. The summed E-state index contributed by atoms with van der Waals surface area (Å²) in [5.41, 5.74) is 6.38. The summed E-state index contributed by atoms with van der Waals surface area (Å²) < 4.78 is 28.4. The molecule has 0 aliphatic carbocycles. The topological polar surface area (TPSA) is 55.6 Å². The molecule has 2 N–H and O–H groups in total. The number of nitrogens with zero attached hydrogens (tertiary/aromatic N) is 1. The van der Waals surface area contributed by atoms with Crippen molar-refractivity contribution < 1.29 is 18.3 Å². The summed E-state index contributed by atoms with van der Waals surface area (Å²) in [5, 5.41) is 0. The van der Waals surface area contributed by atoms with Gasteiger partial charge in [0.05, 0.1) is 0 Å². The maximum absolute atomic E-state index is 12.4. The number of carbonyl (C=O) groups is 1. The highest BCUT2D eigenvalue weighted by atomic mass is 19.3. The Hall–Kier alpha value is -1.69. The molecule has 116 valence electrons. The molecule has 0 saturated carbocycles. The van der Waals surface area contributed by atoms with Crippen molar-refractivity contribution in [1.29, 1.82) is 0 Å². The van der Waals surface area contributed by atoms with Crippen LogP contribution >= 0.6 is 0 Å².